The molecule has 2 aliphatic heterocycles. The van der Waals surface area contributed by atoms with Crippen LogP contribution in [-0.4, -0.2) is 18.5 Å². The number of rotatable bonds is 1. The molecule has 2 nitrogen and oxygen atoms in total. The van der Waals surface area contributed by atoms with Crippen LogP contribution < -0.4 is 0 Å². The molecule has 0 amide bonds. The molecule has 5 atom stereocenters. The predicted octanol–water partition coefficient (Wildman–Crippen LogP) is 4.28. The highest BCUT2D eigenvalue weighted by Crippen LogP contribution is 2.59. The van der Waals surface area contributed by atoms with Crippen molar-refractivity contribution in [2.75, 3.05) is 7.11 Å². The standard InChI is InChI=1S/C17H28O2/c1-18-17-11-14-7-3-2-6-13(14)10-16(19-17)9-5-4-8-15(16)12-17/h13-15H,2-12H2,1H3/t13-,14+,15-,16-,17+/m1/s1. The summed E-state index contributed by atoms with van der Waals surface area (Å²) in [5.41, 5.74) is 0.199. The molecule has 1 spiro atoms. The van der Waals surface area contributed by atoms with Crippen LogP contribution in [0.25, 0.3) is 0 Å². The molecule has 0 aromatic carbocycles. The Morgan fingerprint density at radius 3 is 2.42 bits per heavy atom. The Labute approximate surface area is 117 Å². The van der Waals surface area contributed by atoms with Crippen molar-refractivity contribution in [3.63, 3.8) is 0 Å². The zero-order valence-electron chi connectivity index (χ0n) is 12.3. The fourth-order valence-electron chi connectivity index (χ4n) is 5.80. The van der Waals surface area contributed by atoms with Crippen LogP contribution in [0.5, 0.6) is 0 Å². The van der Waals surface area contributed by atoms with E-state index in [1.165, 1.54) is 70.6 Å². The molecule has 4 rings (SSSR count). The fraction of sp³-hybridized carbons (Fsp3) is 1.00. The second-order valence-corrected chi connectivity index (χ2v) is 7.64. The number of methoxy groups -OCH3 is 1. The van der Waals surface area contributed by atoms with E-state index in [9.17, 15) is 0 Å². The number of hydrogen-bond acceptors (Lipinski definition) is 2. The van der Waals surface area contributed by atoms with E-state index in [1.807, 2.05) is 7.11 Å². The molecule has 0 N–H and O–H groups in total. The van der Waals surface area contributed by atoms with Crippen LogP contribution in [0.1, 0.15) is 70.6 Å². The van der Waals surface area contributed by atoms with Crippen LogP contribution in [0.15, 0.2) is 0 Å². The van der Waals surface area contributed by atoms with Crippen LogP contribution in [0, 0.1) is 17.8 Å². The molecule has 4 fully saturated rings. The van der Waals surface area contributed by atoms with E-state index in [0.717, 1.165) is 17.8 Å². The molecule has 2 bridgehead atoms. The zero-order valence-corrected chi connectivity index (χ0v) is 12.3. The van der Waals surface area contributed by atoms with Crippen LogP contribution >= 0.6 is 0 Å². The summed E-state index contributed by atoms with van der Waals surface area (Å²) in [6.45, 7) is 0. The van der Waals surface area contributed by atoms with Gasteiger partial charge in [0.1, 0.15) is 0 Å². The third-order valence-corrected chi connectivity index (χ3v) is 6.71. The maximum atomic E-state index is 6.72. The molecular weight excluding hydrogens is 236 g/mol. The van der Waals surface area contributed by atoms with Gasteiger partial charge in [-0.25, -0.2) is 0 Å². The van der Waals surface area contributed by atoms with Gasteiger partial charge in [0.05, 0.1) is 5.60 Å². The molecule has 2 saturated carbocycles. The quantitative estimate of drug-likeness (QED) is 0.704. The molecule has 2 heterocycles. The Morgan fingerprint density at radius 1 is 0.895 bits per heavy atom. The van der Waals surface area contributed by atoms with Crippen molar-refractivity contribution >= 4 is 0 Å². The summed E-state index contributed by atoms with van der Waals surface area (Å²) in [7, 11) is 1.88. The van der Waals surface area contributed by atoms with Gasteiger partial charge in [0.15, 0.2) is 5.79 Å². The highest BCUT2D eigenvalue weighted by atomic mass is 16.7. The minimum atomic E-state index is -0.217. The van der Waals surface area contributed by atoms with Crippen LogP contribution in [-0.2, 0) is 9.47 Å². The maximum absolute atomic E-state index is 6.72. The lowest BCUT2D eigenvalue weighted by Crippen LogP contribution is -2.41. The number of ether oxygens (including phenoxy) is 2. The molecule has 0 unspecified atom stereocenters. The lowest BCUT2D eigenvalue weighted by Gasteiger charge is -2.42. The van der Waals surface area contributed by atoms with Gasteiger partial charge in [0, 0.05) is 20.0 Å². The Morgan fingerprint density at radius 2 is 1.63 bits per heavy atom. The van der Waals surface area contributed by atoms with Crippen LogP contribution in [0.3, 0.4) is 0 Å². The minimum Gasteiger partial charge on any atom is -0.353 e. The third-order valence-electron chi connectivity index (χ3n) is 6.71. The monoisotopic (exact) mass is 264 g/mol. The molecule has 0 aromatic rings. The molecule has 2 heteroatoms. The van der Waals surface area contributed by atoms with Gasteiger partial charge in [0.2, 0.25) is 0 Å². The summed E-state index contributed by atoms with van der Waals surface area (Å²) >= 11 is 0. The molecule has 19 heavy (non-hydrogen) atoms. The van der Waals surface area contributed by atoms with Crippen molar-refractivity contribution in [3.05, 3.63) is 0 Å². The summed E-state index contributed by atoms with van der Waals surface area (Å²) in [4.78, 5) is 0. The highest BCUT2D eigenvalue weighted by molar-refractivity contribution is 5.06. The predicted molar refractivity (Wildman–Crippen MR) is 74.8 cm³/mol. The zero-order chi connectivity index (χ0) is 12.9. The number of hydrogen-bond donors (Lipinski definition) is 0. The summed E-state index contributed by atoms with van der Waals surface area (Å²) in [5.74, 6) is 2.36. The van der Waals surface area contributed by atoms with Gasteiger partial charge in [-0.2, -0.15) is 0 Å². The van der Waals surface area contributed by atoms with Crippen molar-refractivity contribution in [2.45, 2.75) is 82.0 Å². The average molecular weight is 264 g/mol. The SMILES string of the molecule is CO[C@]12C[C@@H]3CCCC[C@@H]3C[C@@]3(CCCC[C@@H]3C1)O2. The van der Waals surface area contributed by atoms with Gasteiger partial charge < -0.3 is 9.47 Å². The molecule has 0 aromatic heterocycles. The smallest absolute Gasteiger partial charge is 0.169 e. The Kier molecular flexibility index (Phi) is 2.97. The van der Waals surface area contributed by atoms with Gasteiger partial charge in [-0.1, -0.05) is 32.1 Å². The first-order chi connectivity index (χ1) is 9.25. The minimum absolute atomic E-state index is 0.199. The Bertz CT molecular complexity index is 355. The summed E-state index contributed by atoms with van der Waals surface area (Å²) in [6.07, 6.45) is 14.9. The van der Waals surface area contributed by atoms with E-state index in [0.29, 0.717) is 0 Å². The van der Waals surface area contributed by atoms with Gasteiger partial charge in [-0.15, -0.1) is 0 Å². The molecule has 4 aliphatic rings. The first-order valence-electron chi connectivity index (χ1n) is 8.51. The van der Waals surface area contributed by atoms with Crippen LogP contribution in [0.4, 0.5) is 0 Å². The molecule has 108 valence electrons. The summed E-state index contributed by atoms with van der Waals surface area (Å²) < 4.78 is 12.7. The largest absolute Gasteiger partial charge is 0.353 e. The fourth-order valence-corrected chi connectivity index (χ4v) is 5.80. The van der Waals surface area contributed by atoms with E-state index in [1.54, 1.807) is 0 Å². The third kappa shape index (κ3) is 1.90. The van der Waals surface area contributed by atoms with E-state index >= 15 is 0 Å². The maximum Gasteiger partial charge on any atom is 0.169 e. The lowest BCUT2D eigenvalue weighted by molar-refractivity contribution is -0.244. The first-order valence-corrected chi connectivity index (χ1v) is 8.51. The normalized spacial score (nSPS) is 53.2. The van der Waals surface area contributed by atoms with Gasteiger partial charge in [-0.3, -0.25) is 0 Å². The van der Waals surface area contributed by atoms with E-state index in [4.69, 9.17) is 9.47 Å². The number of fused-ring (bicyclic) bond motifs is 2. The Hall–Kier alpha value is -0.0800. The van der Waals surface area contributed by atoms with E-state index in [2.05, 4.69) is 0 Å². The van der Waals surface area contributed by atoms with Crippen molar-refractivity contribution in [1.82, 2.24) is 0 Å². The topological polar surface area (TPSA) is 18.5 Å². The summed E-state index contributed by atoms with van der Waals surface area (Å²) in [5, 5.41) is 0. The molecular formula is C17H28O2. The highest BCUT2D eigenvalue weighted by Gasteiger charge is 2.60. The van der Waals surface area contributed by atoms with Gasteiger partial charge in [-0.05, 0) is 43.4 Å². The van der Waals surface area contributed by atoms with Crippen molar-refractivity contribution in [2.24, 2.45) is 17.8 Å². The Balaban J connectivity index is 1.68. The van der Waals surface area contributed by atoms with Crippen LogP contribution in [0.2, 0.25) is 0 Å². The van der Waals surface area contributed by atoms with E-state index in [-0.39, 0.29) is 11.4 Å². The lowest BCUT2D eigenvalue weighted by atomic mass is 9.63. The molecule has 2 aliphatic carbocycles. The summed E-state index contributed by atoms with van der Waals surface area (Å²) in [6, 6.07) is 0. The van der Waals surface area contributed by atoms with Crippen molar-refractivity contribution in [1.29, 1.82) is 0 Å². The average Bonchev–Trinajstić information content (AvgIpc) is 2.66. The van der Waals surface area contributed by atoms with E-state index < -0.39 is 0 Å². The second-order valence-electron chi connectivity index (χ2n) is 7.64. The van der Waals surface area contributed by atoms with Gasteiger partial charge in [0.25, 0.3) is 0 Å². The van der Waals surface area contributed by atoms with Crippen molar-refractivity contribution < 1.29 is 9.47 Å². The van der Waals surface area contributed by atoms with Gasteiger partial charge >= 0.3 is 0 Å². The second kappa shape index (κ2) is 4.46. The molecule has 0 radical (unpaired) electrons. The van der Waals surface area contributed by atoms with Crippen molar-refractivity contribution in [3.8, 4) is 0 Å². The molecule has 2 saturated heterocycles. The first kappa shape index (κ1) is 12.6.